The molecule has 1 atom stereocenters. The second kappa shape index (κ2) is 5.97. The maximum absolute atomic E-state index is 12.0. The summed E-state index contributed by atoms with van der Waals surface area (Å²) in [6.07, 6.45) is 1.87. The van der Waals surface area contributed by atoms with Crippen LogP contribution >= 0.6 is 0 Å². The highest BCUT2D eigenvalue weighted by Crippen LogP contribution is 2.32. The molecule has 0 aliphatic heterocycles. The Labute approximate surface area is 109 Å². The van der Waals surface area contributed by atoms with E-state index in [1.54, 1.807) is 12.1 Å². The Kier molecular flexibility index (Phi) is 4.31. The minimum absolute atomic E-state index is 0.0933. The molecular weight excluding hydrogens is 256 g/mol. The molecule has 2 rings (SSSR count). The molecule has 2 N–H and O–H groups in total. The molecule has 104 valence electrons. The van der Waals surface area contributed by atoms with Crippen molar-refractivity contribution in [2.45, 2.75) is 32.0 Å². The third-order valence-electron chi connectivity index (χ3n) is 3.03. The van der Waals surface area contributed by atoms with Crippen molar-refractivity contribution in [3.8, 4) is 5.75 Å². The number of alkyl halides is 2. The number of hydrogen-bond acceptors (Lipinski definition) is 3. The molecule has 4 nitrogen and oxygen atoms in total. The van der Waals surface area contributed by atoms with Gasteiger partial charge in [-0.05, 0) is 36.5 Å². The number of nitrogens with one attached hydrogen (secondary N) is 1. The summed E-state index contributed by atoms with van der Waals surface area (Å²) in [5.41, 5.74) is 0.827. The minimum atomic E-state index is -2.84. The van der Waals surface area contributed by atoms with E-state index < -0.39 is 18.6 Å². The third kappa shape index (κ3) is 4.17. The number of ether oxygens (including phenoxy) is 1. The second-order valence-corrected chi connectivity index (χ2v) is 4.56. The van der Waals surface area contributed by atoms with Crippen LogP contribution in [-0.4, -0.2) is 23.7 Å². The van der Waals surface area contributed by atoms with Crippen LogP contribution < -0.4 is 10.1 Å². The van der Waals surface area contributed by atoms with Crippen LogP contribution in [0.5, 0.6) is 5.75 Å². The van der Waals surface area contributed by atoms with Crippen molar-refractivity contribution < 1.29 is 23.4 Å². The Morgan fingerprint density at radius 2 is 2.00 bits per heavy atom. The monoisotopic (exact) mass is 271 g/mol. The van der Waals surface area contributed by atoms with E-state index in [1.165, 1.54) is 12.1 Å². The van der Waals surface area contributed by atoms with Crippen LogP contribution in [0.2, 0.25) is 0 Å². The Morgan fingerprint density at radius 1 is 1.37 bits per heavy atom. The van der Waals surface area contributed by atoms with Crippen molar-refractivity contribution in [2.24, 2.45) is 5.92 Å². The van der Waals surface area contributed by atoms with Gasteiger partial charge in [0.2, 0.25) is 0 Å². The van der Waals surface area contributed by atoms with Gasteiger partial charge in [-0.3, -0.25) is 4.79 Å². The molecule has 0 radical (unpaired) electrons. The van der Waals surface area contributed by atoms with Gasteiger partial charge >= 0.3 is 12.6 Å². The maximum Gasteiger partial charge on any atom is 0.387 e. The molecule has 0 aromatic heterocycles. The molecule has 1 unspecified atom stereocenters. The Hall–Kier alpha value is -1.69. The summed E-state index contributed by atoms with van der Waals surface area (Å²) in [5, 5.41) is 12.0. The van der Waals surface area contributed by atoms with E-state index in [9.17, 15) is 13.6 Å². The first-order valence-electron chi connectivity index (χ1n) is 6.06. The molecule has 0 bridgehead atoms. The molecule has 1 aliphatic rings. The van der Waals surface area contributed by atoms with Gasteiger partial charge in [0.25, 0.3) is 0 Å². The topological polar surface area (TPSA) is 58.6 Å². The summed E-state index contributed by atoms with van der Waals surface area (Å²) < 4.78 is 28.2. The number of benzene rings is 1. The first-order chi connectivity index (χ1) is 9.06. The average Bonchev–Trinajstić information content (AvgIpc) is 3.15. The number of halogens is 2. The van der Waals surface area contributed by atoms with Crippen LogP contribution in [0.3, 0.4) is 0 Å². The first kappa shape index (κ1) is 13.7. The predicted octanol–water partition coefficient (Wildman–Crippen LogP) is 2.24. The lowest BCUT2D eigenvalue weighted by Crippen LogP contribution is -2.38. The number of carboxylic acid groups (broad SMARTS) is 1. The summed E-state index contributed by atoms with van der Waals surface area (Å²) in [7, 11) is 0. The Bertz CT molecular complexity index is 432. The fraction of sp³-hybridized carbons (Fsp3) is 0.462. The summed E-state index contributed by atoms with van der Waals surface area (Å²) in [6.45, 7) is -2.45. The molecule has 6 heteroatoms. The summed E-state index contributed by atoms with van der Waals surface area (Å²) in [6, 6.07) is 5.62. The number of rotatable bonds is 7. The van der Waals surface area contributed by atoms with E-state index in [0.717, 1.165) is 18.4 Å². The number of hydrogen-bond donors (Lipinski definition) is 2. The minimum Gasteiger partial charge on any atom is -0.480 e. The van der Waals surface area contributed by atoms with Gasteiger partial charge in [0.05, 0.1) is 0 Å². The van der Waals surface area contributed by atoms with Gasteiger partial charge in [-0.25, -0.2) is 0 Å². The lowest BCUT2D eigenvalue weighted by Gasteiger charge is -2.13. The standard InChI is InChI=1S/C13H15F2NO3/c14-13(15)19-10-5-1-8(2-6-10)7-16-11(12(17)18)9-3-4-9/h1-2,5-6,9,11,13,16H,3-4,7H2,(H,17,18). The SMILES string of the molecule is O=C(O)C(NCc1ccc(OC(F)F)cc1)C1CC1. The molecule has 19 heavy (non-hydrogen) atoms. The van der Waals surface area contributed by atoms with E-state index in [-0.39, 0.29) is 11.7 Å². The third-order valence-corrected chi connectivity index (χ3v) is 3.03. The molecule has 0 heterocycles. The molecule has 0 saturated heterocycles. The highest BCUT2D eigenvalue weighted by molar-refractivity contribution is 5.74. The molecule has 1 aromatic carbocycles. The van der Waals surface area contributed by atoms with Crippen LogP contribution in [0, 0.1) is 5.92 Å². The van der Waals surface area contributed by atoms with Crippen LogP contribution in [0.15, 0.2) is 24.3 Å². The summed E-state index contributed by atoms with van der Waals surface area (Å²) in [4.78, 5) is 11.0. The fourth-order valence-corrected chi connectivity index (χ4v) is 1.90. The van der Waals surface area contributed by atoms with Crippen molar-refractivity contribution in [3.05, 3.63) is 29.8 Å². The zero-order valence-electron chi connectivity index (χ0n) is 10.2. The van der Waals surface area contributed by atoms with Crippen molar-refractivity contribution in [1.29, 1.82) is 0 Å². The maximum atomic E-state index is 12.0. The zero-order valence-corrected chi connectivity index (χ0v) is 10.2. The van der Waals surface area contributed by atoms with E-state index in [2.05, 4.69) is 10.1 Å². The van der Waals surface area contributed by atoms with Gasteiger partial charge in [-0.15, -0.1) is 0 Å². The van der Waals surface area contributed by atoms with Gasteiger partial charge in [0.15, 0.2) is 0 Å². The highest BCUT2D eigenvalue weighted by atomic mass is 19.3. The molecule has 1 aromatic rings. The normalized spacial score (nSPS) is 16.4. The van der Waals surface area contributed by atoms with Crippen LogP contribution in [-0.2, 0) is 11.3 Å². The van der Waals surface area contributed by atoms with Gasteiger partial charge in [0.1, 0.15) is 11.8 Å². The smallest absolute Gasteiger partial charge is 0.387 e. The number of carboxylic acids is 1. The first-order valence-corrected chi connectivity index (χ1v) is 6.06. The number of aliphatic carboxylic acids is 1. The quantitative estimate of drug-likeness (QED) is 0.798. The molecule has 1 fully saturated rings. The van der Waals surface area contributed by atoms with E-state index in [1.807, 2.05) is 0 Å². The predicted molar refractivity (Wildman–Crippen MR) is 64.1 cm³/mol. The summed E-state index contributed by atoms with van der Waals surface area (Å²) >= 11 is 0. The van der Waals surface area contributed by atoms with Crippen molar-refractivity contribution >= 4 is 5.97 Å². The van der Waals surface area contributed by atoms with E-state index in [0.29, 0.717) is 6.54 Å². The molecular formula is C13H15F2NO3. The molecule has 1 saturated carbocycles. The van der Waals surface area contributed by atoms with Gasteiger partial charge in [-0.2, -0.15) is 8.78 Å². The van der Waals surface area contributed by atoms with Crippen molar-refractivity contribution in [2.75, 3.05) is 0 Å². The van der Waals surface area contributed by atoms with Crippen molar-refractivity contribution in [3.63, 3.8) is 0 Å². The van der Waals surface area contributed by atoms with E-state index >= 15 is 0 Å². The Balaban J connectivity index is 1.86. The van der Waals surface area contributed by atoms with Crippen molar-refractivity contribution in [1.82, 2.24) is 5.32 Å². The lowest BCUT2D eigenvalue weighted by atomic mass is 10.1. The fourth-order valence-electron chi connectivity index (χ4n) is 1.90. The van der Waals surface area contributed by atoms with E-state index in [4.69, 9.17) is 5.11 Å². The average molecular weight is 271 g/mol. The zero-order chi connectivity index (χ0) is 13.8. The summed E-state index contributed by atoms with van der Waals surface area (Å²) in [5.74, 6) is -0.546. The highest BCUT2D eigenvalue weighted by Gasteiger charge is 2.35. The molecule has 1 aliphatic carbocycles. The van der Waals surface area contributed by atoms with Crippen LogP contribution in [0.1, 0.15) is 18.4 Å². The van der Waals surface area contributed by atoms with Crippen LogP contribution in [0.4, 0.5) is 8.78 Å². The van der Waals surface area contributed by atoms with Gasteiger partial charge in [0, 0.05) is 6.54 Å². The molecule has 0 amide bonds. The van der Waals surface area contributed by atoms with Crippen LogP contribution in [0.25, 0.3) is 0 Å². The van der Waals surface area contributed by atoms with Gasteiger partial charge in [-0.1, -0.05) is 12.1 Å². The second-order valence-electron chi connectivity index (χ2n) is 4.56. The molecule has 0 spiro atoms. The Morgan fingerprint density at radius 3 is 2.47 bits per heavy atom. The number of carbonyl (C=O) groups is 1. The lowest BCUT2D eigenvalue weighted by molar-refractivity contribution is -0.140. The largest absolute Gasteiger partial charge is 0.480 e. The van der Waals surface area contributed by atoms with Gasteiger partial charge < -0.3 is 15.2 Å².